The summed E-state index contributed by atoms with van der Waals surface area (Å²) in [4.78, 5) is 25.4. The molecule has 126 valence electrons. The van der Waals surface area contributed by atoms with Crippen LogP contribution in [-0.4, -0.2) is 44.8 Å². The average Bonchev–Trinajstić information content (AvgIpc) is 3.13. The summed E-state index contributed by atoms with van der Waals surface area (Å²) in [7, 11) is 0. The third-order valence-corrected chi connectivity index (χ3v) is 4.40. The van der Waals surface area contributed by atoms with E-state index in [1.165, 1.54) is 12.1 Å². The molecule has 0 spiro atoms. The third-order valence-electron chi connectivity index (χ3n) is 4.40. The third kappa shape index (κ3) is 2.77. The number of halogens is 1. The number of carboxylic acid groups (broad SMARTS) is 1. The fourth-order valence-electron chi connectivity index (χ4n) is 3.09. The van der Waals surface area contributed by atoms with Crippen molar-refractivity contribution in [3.8, 4) is 5.69 Å². The molecule has 2 aromatic rings. The van der Waals surface area contributed by atoms with Crippen LogP contribution in [0.4, 0.5) is 4.39 Å². The van der Waals surface area contributed by atoms with Gasteiger partial charge < -0.3 is 10.0 Å². The molecule has 1 aromatic carbocycles. The lowest BCUT2D eigenvalue weighted by atomic mass is 10.1. The number of carbonyl (C=O) groups is 2. The molecule has 3 rings (SSSR count). The van der Waals surface area contributed by atoms with Gasteiger partial charge in [0.1, 0.15) is 5.82 Å². The predicted molar refractivity (Wildman–Crippen MR) is 84.6 cm³/mol. The quantitative estimate of drug-likeness (QED) is 0.935. The molecule has 1 saturated heterocycles. The summed E-state index contributed by atoms with van der Waals surface area (Å²) in [6, 6.07) is 5.87. The first-order valence-electron chi connectivity index (χ1n) is 7.72. The van der Waals surface area contributed by atoms with Gasteiger partial charge in [0.05, 0.1) is 28.6 Å². The van der Waals surface area contributed by atoms with Crippen LogP contribution in [0.15, 0.2) is 24.3 Å². The van der Waals surface area contributed by atoms with E-state index in [2.05, 4.69) is 5.10 Å². The Morgan fingerprint density at radius 1 is 1.25 bits per heavy atom. The number of nitrogens with zero attached hydrogens (tertiary/aromatic N) is 3. The number of amides is 1. The number of aryl methyl sites for hydroxylation is 1. The van der Waals surface area contributed by atoms with E-state index < -0.39 is 11.9 Å². The fourth-order valence-corrected chi connectivity index (χ4v) is 3.09. The lowest BCUT2D eigenvalue weighted by Crippen LogP contribution is -2.30. The molecule has 1 unspecified atom stereocenters. The highest BCUT2D eigenvalue weighted by molar-refractivity contribution is 5.97. The fraction of sp³-hybridized carbons (Fsp3) is 0.353. The molecule has 1 amide bonds. The Balaban J connectivity index is 1.91. The first kappa shape index (κ1) is 16.2. The molecule has 24 heavy (non-hydrogen) atoms. The molecule has 0 saturated carbocycles. The van der Waals surface area contributed by atoms with Crippen molar-refractivity contribution in [2.75, 3.05) is 13.1 Å². The molecule has 1 aliphatic rings. The summed E-state index contributed by atoms with van der Waals surface area (Å²) >= 11 is 0. The summed E-state index contributed by atoms with van der Waals surface area (Å²) in [5.74, 6) is -1.93. The topological polar surface area (TPSA) is 75.4 Å². The lowest BCUT2D eigenvalue weighted by Gasteiger charge is -2.16. The Kier molecular flexibility index (Phi) is 4.09. The Bertz CT molecular complexity index is 798. The number of hydrogen-bond acceptors (Lipinski definition) is 3. The van der Waals surface area contributed by atoms with Crippen LogP contribution < -0.4 is 0 Å². The number of hydrogen-bond donors (Lipinski definition) is 1. The van der Waals surface area contributed by atoms with Gasteiger partial charge in [-0.25, -0.2) is 9.07 Å². The minimum Gasteiger partial charge on any atom is -0.481 e. The molecule has 0 bridgehead atoms. The highest BCUT2D eigenvalue weighted by Gasteiger charge is 2.33. The molecule has 0 aliphatic carbocycles. The van der Waals surface area contributed by atoms with E-state index in [0.717, 1.165) is 0 Å². The van der Waals surface area contributed by atoms with Crippen LogP contribution in [0.1, 0.15) is 28.2 Å². The maximum absolute atomic E-state index is 13.1. The molecule has 7 heteroatoms. The highest BCUT2D eigenvalue weighted by atomic mass is 19.1. The normalized spacial score (nSPS) is 17.3. The van der Waals surface area contributed by atoms with Crippen LogP contribution in [0, 0.1) is 25.6 Å². The Morgan fingerprint density at radius 2 is 1.92 bits per heavy atom. The molecule has 1 aromatic heterocycles. The monoisotopic (exact) mass is 331 g/mol. The summed E-state index contributed by atoms with van der Waals surface area (Å²) in [6.07, 6.45) is 0.464. The van der Waals surface area contributed by atoms with Crippen LogP contribution in [0.5, 0.6) is 0 Å². The number of carbonyl (C=O) groups excluding carboxylic acids is 1. The van der Waals surface area contributed by atoms with E-state index in [0.29, 0.717) is 35.6 Å². The minimum absolute atomic E-state index is 0.206. The first-order chi connectivity index (χ1) is 11.4. The van der Waals surface area contributed by atoms with Crippen molar-refractivity contribution in [1.82, 2.24) is 14.7 Å². The van der Waals surface area contributed by atoms with Crippen LogP contribution in [0.2, 0.25) is 0 Å². The van der Waals surface area contributed by atoms with E-state index in [1.54, 1.807) is 35.6 Å². The van der Waals surface area contributed by atoms with Gasteiger partial charge in [0.2, 0.25) is 0 Å². The van der Waals surface area contributed by atoms with E-state index in [-0.39, 0.29) is 18.3 Å². The van der Waals surface area contributed by atoms with Crippen molar-refractivity contribution < 1.29 is 19.1 Å². The van der Waals surface area contributed by atoms with E-state index >= 15 is 0 Å². The highest BCUT2D eigenvalue weighted by Crippen LogP contribution is 2.24. The maximum atomic E-state index is 13.1. The Morgan fingerprint density at radius 3 is 2.50 bits per heavy atom. The van der Waals surface area contributed by atoms with Crippen LogP contribution >= 0.6 is 0 Å². The molecule has 1 fully saturated rings. The van der Waals surface area contributed by atoms with Gasteiger partial charge in [-0.05, 0) is 44.5 Å². The number of rotatable bonds is 3. The maximum Gasteiger partial charge on any atom is 0.308 e. The van der Waals surface area contributed by atoms with Crippen molar-refractivity contribution in [2.24, 2.45) is 5.92 Å². The van der Waals surface area contributed by atoms with Crippen molar-refractivity contribution >= 4 is 11.9 Å². The first-order valence-corrected chi connectivity index (χ1v) is 7.72. The average molecular weight is 331 g/mol. The van der Waals surface area contributed by atoms with E-state index in [1.807, 2.05) is 0 Å². The number of aliphatic carboxylic acids is 1. The van der Waals surface area contributed by atoms with Gasteiger partial charge in [-0.2, -0.15) is 5.10 Å². The largest absolute Gasteiger partial charge is 0.481 e. The smallest absolute Gasteiger partial charge is 0.308 e. The molecule has 1 N–H and O–H groups in total. The number of carboxylic acids is 1. The molecular formula is C17H18FN3O3. The van der Waals surface area contributed by atoms with Gasteiger partial charge in [-0.1, -0.05) is 0 Å². The Labute approximate surface area is 138 Å². The zero-order chi connectivity index (χ0) is 17.4. The standard InChI is InChI=1S/C17H18FN3O3/c1-10-15(16(22)20-8-7-12(9-20)17(23)24)11(2)21(19-10)14-5-3-13(18)4-6-14/h3-6,12H,7-9H2,1-2H3,(H,23,24). The van der Waals surface area contributed by atoms with E-state index in [4.69, 9.17) is 5.11 Å². The molecule has 6 nitrogen and oxygen atoms in total. The van der Waals surface area contributed by atoms with Crippen LogP contribution in [0.3, 0.4) is 0 Å². The molecule has 0 radical (unpaired) electrons. The SMILES string of the molecule is Cc1nn(-c2ccc(F)cc2)c(C)c1C(=O)N1CCC(C(=O)O)C1. The van der Waals surface area contributed by atoms with Gasteiger partial charge in [-0.3, -0.25) is 9.59 Å². The lowest BCUT2D eigenvalue weighted by molar-refractivity contribution is -0.141. The number of aromatic nitrogens is 2. The van der Waals surface area contributed by atoms with Crippen LogP contribution in [0.25, 0.3) is 5.69 Å². The van der Waals surface area contributed by atoms with Crippen molar-refractivity contribution in [1.29, 1.82) is 0 Å². The summed E-state index contributed by atoms with van der Waals surface area (Å²) < 4.78 is 14.7. The van der Waals surface area contributed by atoms with Gasteiger partial charge in [0.25, 0.3) is 5.91 Å². The molecule has 2 heterocycles. The van der Waals surface area contributed by atoms with Crippen LogP contribution in [-0.2, 0) is 4.79 Å². The van der Waals surface area contributed by atoms with Gasteiger partial charge in [0, 0.05) is 13.1 Å². The van der Waals surface area contributed by atoms with Gasteiger partial charge in [0.15, 0.2) is 0 Å². The molecule has 1 atom stereocenters. The van der Waals surface area contributed by atoms with Gasteiger partial charge >= 0.3 is 5.97 Å². The second kappa shape index (κ2) is 6.07. The summed E-state index contributed by atoms with van der Waals surface area (Å²) in [6.45, 7) is 4.16. The second-order valence-corrected chi connectivity index (χ2v) is 6.01. The number of benzene rings is 1. The van der Waals surface area contributed by atoms with Crippen molar-refractivity contribution in [3.05, 3.63) is 47.0 Å². The zero-order valence-electron chi connectivity index (χ0n) is 13.5. The van der Waals surface area contributed by atoms with E-state index in [9.17, 15) is 14.0 Å². The second-order valence-electron chi connectivity index (χ2n) is 6.01. The van der Waals surface area contributed by atoms with Crippen molar-refractivity contribution in [3.63, 3.8) is 0 Å². The zero-order valence-corrected chi connectivity index (χ0v) is 13.5. The van der Waals surface area contributed by atoms with Gasteiger partial charge in [-0.15, -0.1) is 0 Å². The predicted octanol–water partition coefficient (Wildman–Crippen LogP) is 2.17. The Hall–Kier alpha value is -2.70. The molecule has 1 aliphatic heterocycles. The minimum atomic E-state index is -0.874. The van der Waals surface area contributed by atoms with Crippen molar-refractivity contribution in [2.45, 2.75) is 20.3 Å². The molecular weight excluding hydrogens is 313 g/mol. The number of likely N-dealkylation sites (tertiary alicyclic amines) is 1. The summed E-state index contributed by atoms with van der Waals surface area (Å²) in [5.41, 5.74) is 2.37. The summed E-state index contributed by atoms with van der Waals surface area (Å²) in [5, 5.41) is 13.5.